The molecule has 0 bridgehead atoms. The Morgan fingerprint density at radius 3 is 2.86 bits per heavy atom. The number of hydrogen-bond donors (Lipinski definition) is 0. The van der Waals surface area contributed by atoms with Crippen LogP contribution in [0.3, 0.4) is 0 Å². The second-order valence-corrected chi connectivity index (χ2v) is 4.08. The Balaban J connectivity index is 2.25. The summed E-state index contributed by atoms with van der Waals surface area (Å²) in [6.45, 7) is 0. The van der Waals surface area contributed by atoms with Gasteiger partial charge < -0.3 is 4.74 Å². The van der Waals surface area contributed by atoms with Crippen LogP contribution >= 0.6 is 34.5 Å². The summed E-state index contributed by atoms with van der Waals surface area (Å²) >= 11 is 12.9. The summed E-state index contributed by atoms with van der Waals surface area (Å²) in [7, 11) is 0. The van der Waals surface area contributed by atoms with Gasteiger partial charge in [0.15, 0.2) is 5.51 Å². The Morgan fingerprint density at radius 2 is 2.21 bits per heavy atom. The third kappa shape index (κ3) is 2.18. The number of aromatic nitrogens is 1. The van der Waals surface area contributed by atoms with Gasteiger partial charge in [-0.15, -0.1) is 0 Å². The van der Waals surface area contributed by atoms with E-state index in [9.17, 15) is 0 Å². The molecule has 0 atom stereocenters. The second-order valence-electron chi connectivity index (χ2n) is 2.45. The molecule has 0 aliphatic carbocycles. The lowest BCUT2D eigenvalue weighted by Gasteiger charge is -2.04. The van der Waals surface area contributed by atoms with Gasteiger partial charge in [-0.2, -0.15) is 0 Å². The molecule has 14 heavy (non-hydrogen) atoms. The molecule has 2 aromatic rings. The first-order valence-corrected chi connectivity index (χ1v) is 5.28. The molecule has 0 amide bonds. The lowest BCUT2D eigenvalue weighted by Crippen LogP contribution is -1.81. The third-order valence-electron chi connectivity index (χ3n) is 1.47. The van der Waals surface area contributed by atoms with Gasteiger partial charge in [0, 0.05) is 5.02 Å². The van der Waals surface area contributed by atoms with Crippen LogP contribution in [0.1, 0.15) is 0 Å². The summed E-state index contributed by atoms with van der Waals surface area (Å²) in [5, 5.41) is 1.71. The van der Waals surface area contributed by atoms with Crippen LogP contribution in [0, 0.1) is 5.51 Å². The van der Waals surface area contributed by atoms with E-state index in [0.717, 1.165) is 0 Å². The summed E-state index contributed by atoms with van der Waals surface area (Å²) in [6.07, 6.45) is 1.58. The summed E-state index contributed by atoms with van der Waals surface area (Å²) in [4.78, 5) is 3.76. The molecule has 5 heteroatoms. The van der Waals surface area contributed by atoms with Crippen LogP contribution in [-0.2, 0) is 0 Å². The summed E-state index contributed by atoms with van der Waals surface area (Å²) < 4.78 is 5.44. The molecule has 1 radical (unpaired) electrons. The van der Waals surface area contributed by atoms with Crippen molar-refractivity contribution in [2.45, 2.75) is 0 Å². The van der Waals surface area contributed by atoms with E-state index in [1.54, 1.807) is 24.4 Å². The highest BCUT2D eigenvalue weighted by atomic mass is 35.5. The van der Waals surface area contributed by atoms with Crippen molar-refractivity contribution in [2.75, 3.05) is 0 Å². The number of nitrogens with zero attached hydrogens (tertiary/aromatic N) is 1. The predicted molar refractivity (Wildman–Crippen MR) is 57.5 cm³/mol. The number of hydrogen-bond acceptors (Lipinski definition) is 3. The van der Waals surface area contributed by atoms with E-state index < -0.39 is 0 Å². The molecule has 0 aliphatic rings. The number of thiazole rings is 1. The topological polar surface area (TPSA) is 22.1 Å². The van der Waals surface area contributed by atoms with Crippen molar-refractivity contribution in [3.63, 3.8) is 0 Å². The van der Waals surface area contributed by atoms with E-state index in [-0.39, 0.29) is 0 Å². The first-order chi connectivity index (χ1) is 6.75. The lowest BCUT2D eigenvalue weighted by atomic mass is 10.3. The van der Waals surface area contributed by atoms with Crippen molar-refractivity contribution in [1.82, 2.24) is 4.98 Å². The minimum atomic E-state index is 0.478. The van der Waals surface area contributed by atoms with Crippen LogP contribution in [0.4, 0.5) is 0 Å². The molecule has 0 unspecified atom stereocenters. The van der Waals surface area contributed by atoms with Crippen LogP contribution in [0.15, 0.2) is 24.4 Å². The minimum absolute atomic E-state index is 0.478. The van der Waals surface area contributed by atoms with Crippen LogP contribution in [0.25, 0.3) is 0 Å². The zero-order chi connectivity index (χ0) is 9.97. The molecule has 1 aromatic heterocycles. The minimum Gasteiger partial charge on any atom is -0.443 e. The predicted octanol–water partition coefficient (Wildman–Crippen LogP) is 4.04. The van der Waals surface area contributed by atoms with Crippen LogP contribution in [0.2, 0.25) is 10.0 Å². The smallest absolute Gasteiger partial charge is 0.201 e. The molecule has 0 saturated carbocycles. The molecule has 0 spiro atoms. The molecule has 71 valence electrons. The van der Waals surface area contributed by atoms with Crippen LogP contribution < -0.4 is 4.74 Å². The standard InChI is InChI=1S/C9H4Cl2NOS/c10-6-1-2-8(7(11)3-6)13-9-4-12-5-14-9/h1-4H. The molecular weight excluding hydrogens is 241 g/mol. The molecule has 0 N–H and O–H groups in total. The van der Waals surface area contributed by atoms with Gasteiger partial charge in [0.1, 0.15) is 5.75 Å². The zero-order valence-electron chi connectivity index (χ0n) is 6.83. The normalized spacial score (nSPS) is 10.1. The third-order valence-corrected chi connectivity index (χ3v) is 2.59. The monoisotopic (exact) mass is 244 g/mol. The Morgan fingerprint density at radius 1 is 1.36 bits per heavy atom. The molecule has 2 nitrogen and oxygen atoms in total. The van der Waals surface area contributed by atoms with Gasteiger partial charge in [0.25, 0.3) is 0 Å². The molecular formula is C9H4Cl2NOS. The average molecular weight is 245 g/mol. The van der Waals surface area contributed by atoms with Crippen LogP contribution in [0.5, 0.6) is 10.8 Å². The molecule has 0 fully saturated rings. The highest BCUT2D eigenvalue weighted by molar-refractivity contribution is 7.11. The number of halogens is 2. The fourth-order valence-electron chi connectivity index (χ4n) is 0.890. The molecule has 0 saturated heterocycles. The highest BCUT2D eigenvalue weighted by Gasteiger charge is 2.04. The van der Waals surface area contributed by atoms with E-state index in [2.05, 4.69) is 10.5 Å². The Labute approximate surface area is 95.1 Å². The van der Waals surface area contributed by atoms with Crippen LogP contribution in [-0.4, -0.2) is 4.98 Å². The van der Waals surface area contributed by atoms with Gasteiger partial charge in [0.05, 0.1) is 11.2 Å². The summed E-state index contributed by atoms with van der Waals surface area (Å²) in [6, 6.07) is 5.06. The fourth-order valence-corrected chi connectivity index (χ4v) is 1.77. The molecule has 0 aliphatic heterocycles. The Kier molecular flexibility index (Phi) is 2.91. The maximum absolute atomic E-state index is 5.91. The number of rotatable bonds is 2. The average Bonchev–Trinajstić information content (AvgIpc) is 2.62. The maximum atomic E-state index is 5.91. The van der Waals surface area contributed by atoms with E-state index >= 15 is 0 Å². The lowest BCUT2D eigenvalue weighted by molar-refractivity contribution is 0.495. The molecule has 2 rings (SSSR count). The first-order valence-electron chi connectivity index (χ1n) is 3.70. The van der Waals surface area contributed by atoms with Crippen molar-refractivity contribution in [1.29, 1.82) is 0 Å². The van der Waals surface area contributed by atoms with E-state index in [1.807, 2.05) is 0 Å². The highest BCUT2D eigenvalue weighted by Crippen LogP contribution is 2.32. The Hall–Kier alpha value is -0.770. The number of ether oxygens (including phenoxy) is 1. The molecule has 1 aromatic carbocycles. The van der Waals surface area contributed by atoms with Gasteiger partial charge in [-0.25, -0.2) is 4.98 Å². The van der Waals surface area contributed by atoms with Gasteiger partial charge in [-0.1, -0.05) is 34.5 Å². The Bertz CT molecular complexity index is 430. The van der Waals surface area contributed by atoms with E-state index in [4.69, 9.17) is 27.9 Å². The SMILES string of the molecule is Clc1ccc(Oc2cn[c]s2)c(Cl)c1. The second kappa shape index (κ2) is 4.17. The van der Waals surface area contributed by atoms with Crippen molar-refractivity contribution < 1.29 is 4.74 Å². The van der Waals surface area contributed by atoms with E-state index in [1.165, 1.54) is 11.3 Å². The summed E-state index contributed by atoms with van der Waals surface area (Å²) in [5.74, 6) is 0.564. The molecule has 1 heterocycles. The zero-order valence-corrected chi connectivity index (χ0v) is 9.16. The summed E-state index contributed by atoms with van der Waals surface area (Å²) in [5.41, 5.74) is 2.68. The van der Waals surface area contributed by atoms with Crippen molar-refractivity contribution >= 4 is 34.5 Å². The maximum Gasteiger partial charge on any atom is 0.201 e. The van der Waals surface area contributed by atoms with Crippen molar-refractivity contribution in [3.8, 4) is 10.8 Å². The first kappa shape index (κ1) is 9.77. The van der Waals surface area contributed by atoms with Gasteiger partial charge in [0.2, 0.25) is 5.06 Å². The number of benzene rings is 1. The fraction of sp³-hybridized carbons (Fsp3) is 0. The quantitative estimate of drug-likeness (QED) is 0.796. The van der Waals surface area contributed by atoms with Gasteiger partial charge in [-0.05, 0) is 18.2 Å². The van der Waals surface area contributed by atoms with Crippen molar-refractivity contribution in [3.05, 3.63) is 40.0 Å². The van der Waals surface area contributed by atoms with E-state index in [0.29, 0.717) is 20.9 Å². The van der Waals surface area contributed by atoms with Gasteiger partial charge in [-0.3, -0.25) is 0 Å². The van der Waals surface area contributed by atoms with Crippen molar-refractivity contribution in [2.24, 2.45) is 0 Å². The largest absolute Gasteiger partial charge is 0.443 e. The van der Waals surface area contributed by atoms with Gasteiger partial charge >= 0.3 is 0 Å².